The summed E-state index contributed by atoms with van der Waals surface area (Å²) in [5.74, 6) is 1.30. The fraction of sp³-hybridized carbons (Fsp3) is 0.312. The monoisotopic (exact) mass is 271 g/mol. The highest BCUT2D eigenvalue weighted by atomic mass is 16.5. The van der Waals surface area contributed by atoms with E-state index in [9.17, 15) is 0 Å². The molecule has 1 heterocycles. The number of pyridine rings is 1. The van der Waals surface area contributed by atoms with Crippen molar-refractivity contribution in [2.45, 2.75) is 19.8 Å². The molecule has 0 aliphatic rings. The van der Waals surface area contributed by atoms with Gasteiger partial charge in [0.2, 0.25) is 5.88 Å². The van der Waals surface area contributed by atoms with Crippen LogP contribution in [0.25, 0.3) is 0 Å². The predicted octanol–water partition coefficient (Wildman–Crippen LogP) is 3.11. The number of nitrogen functional groups attached to an aromatic ring is 1. The van der Waals surface area contributed by atoms with Crippen LogP contribution in [0.1, 0.15) is 18.9 Å². The Balaban J connectivity index is 1.80. The third kappa shape index (κ3) is 4.16. The zero-order chi connectivity index (χ0) is 14.2. The van der Waals surface area contributed by atoms with E-state index in [1.165, 1.54) is 5.56 Å². The van der Waals surface area contributed by atoms with Crippen LogP contribution in [0.5, 0.6) is 5.88 Å². The molecule has 2 rings (SSSR count). The van der Waals surface area contributed by atoms with Crippen molar-refractivity contribution < 1.29 is 4.74 Å². The van der Waals surface area contributed by atoms with E-state index in [0.29, 0.717) is 18.2 Å². The zero-order valence-electron chi connectivity index (χ0n) is 11.8. The highest BCUT2D eigenvalue weighted by Crippen LogP contribution is 2.20. The van der Waals surface area contributed by atoms with Crippen molar-refractivity contribution in [3.8, 4) is 5.88 Å². The molecule has 0 aliphatic heterocycles. The van der Waals surface area contributed by atoms with Gasteiger partial charge in [-0.1, -0.05) is 30.3 Å². The maximum atomic E-state index is 5.79. The minimum atomic E-state index is 0.501. The Morgan fingerprint density at radius 2 is 1.95 bits per heavy atom. The van der Waals surface area contributed by atoms with Crippen molar-refractivity contribution in [3.05, 3.63) is 48.0 Å². The number of aryl methyl sites for hydroxylation is 1. The average Bonchev–Trinajstić information content (AvgIpc) is 2.48. The van der Waals surface area contributed by atoms with Crippen molar-refractivity contribution in [3.63, 3.8) is 0 Å². The summed E-state index contributed by atoms with van der Waals surface area (Å²) in [4.78, 5) is 4.35. The minimum absolute atomic E-state index is 0.501. The highest BCUT2D eigenvalue weighted by molar-refractivity contribution is 5.53. The molecule has 0 amide bonds. The first-order valence-electron chi connectivity index (χ1n) is 6.96. The molecule has 1 aromatic heterocycles. The van der Waals surface area contributed by atoms with Gasteiger partial charge >= 0.3 is 0 Å². The van der Waals surface area contributed by atoms with Crippen molar-refractivity contribution in [1.29, 1.82) is 0 Å². The van der Waals surface area contributed by atoms with Gasteiger partial charge in [-0.05, 0) is 37.5 Å². The quantitative estimate of drug-likeness (QED) is 0.760. The van der Waals surface area contributed by atoms with Crippen LogP contribution < -0.4 is 15.8 Å². The molecule has 1 aromatic carbocycles. The molecule has 20 heavy (non-hydrogen) atoms. The Hall–Kier alpha value is -2.23. The van der Waals surface area contributed by atoms with E-state index in [0.717, 1.165) is 25.2 Å². The lowest BCUT2D eigenvalue weighted by Gasteiger charge is -2.09. The highest BCUT2D eigenvalue weighted by Gasteiger charge is 2.03. The largest absolute Gasteiger partial charge is 0.476 e. The molecule has 0 atom stereocenters. The van der Waals surface area contributed by atoms with Crippen LogP contribution in [0.4, 0.5) is 11.5 Å². The van der Waals surface area contributed by atoms with Gasteiger partial charge in [0.15, 0.2) is 0 Å². The number of aromatic nitrogens is 1. The van der Waals surface area contributed by atoms with Crippen molar-refractivity contribution >= 4 is 11.5 Å². The maximum Gasteiger partial charge on any atom is 0.239 e. The number of anilines is 2. The Morgan fingerprint density at radius 3 is 2.70 bits per heavy atom. The summed E-state index contributed by atoms with van der Waals surface area (Å²) in [7, 11) is 0. The molecule has 0 unspecified atom stereocenters. The van der Waals surface area contributed by atoms with Crippen LogP contribution in [-0.2, 0) is 6.42 Å². The van der Waals surface area contributed by atoms with E-state index in [-0.39, 0.29) is 0 Å². The summed E-state index contributed by atoms with van der Waals surface area (Å²) in [6.45, 7) is 3.35. The maximum absolute atomic E-state index is 5.79. The molecule has 2 aromatic rings. The molecule has 0 aliphatic carbocycles. The Labute approximate surface area is 120 Å². The molecule has 0 bridgehead atoms. The van der Waals surface area contributed by atoms with Gasteiger partial charge in [-0.25, -0.2) is 0 Å². The normalized spacial score (nSPS) is 10.2. The number of hydrogen-bond donors (Lipinski definition) is 2. The molecule has 0 fully saturated rings. The summed E-state index contributed by atoms with van der Waals surface area (Å²) in [5, 5.41) is 3.29. The zero-order valence-corrected chi connectivity index (χ0v) is 11.8. The lowest BCUT2D eigenvalue weighted by molar-refractivity contribution is 0.329. The van der Waals surface area contributed by atoms with Gasteiger partial charge in [-0.3, -0.25) is 0 Å². The van der Waals surface area contributed by atoms with Gasteiger partial charge in [0.25, 0.3) is 0 Å². The number of nitrogens with one attached hydrogen (secondary N) is 1. The first kappa shape index (κ1) is 14.2. The van der Waals surface area contributed by atoms with E-state index < -0.39 is 0 Å². The topological polar surface area (TPSA) is 60.2 Å². The second-order valence-corrected chi connectivity index (χ2v) is 4.54. The lowest BCUT2D eigenvalue weighted by atomic mass is 10.1. The average molecular weight is 271 g/mol. The van der Waals surface area contributed by atoms with E-state index in [2.05, 4.69) is 34.6 Å². The van der Waals surface area contributed by atoms with Crippen LogP contribution in [0.15, 0.2) is 42.5 Å². The van der Waals surface area contributed by atoms with Crippen molar-refractivity contribution in [2.75, 3.05) is 24.2 Å². The number of rotatable bonds is 7. The second-order valence-electron chi connectivity index (χ2n) is 4.54. The predicted molar refractivity (Wildman–Crippen MR) is 83.1 cm³/mol. The number of benzene rings is 1. The van der Waals surface area contributed by atoms with Crippen LogP contribution >= 0.6 is 0 Å². The smallest absolute Gasteiger partial charge is 0.239 e. The molecule has 3 N–H and O–H groups in total. The molecular formula is C16H21N3O. The fourth-order valence-corrected chi connectivity index (χ4v) is 1.96. The number of ether oxygens (including phenoxy) is 1. The van der Waals surface area contributed by atoms with Gasteiger partial charge in [0, 0.05) is 6.54 Å². The number of nitrogens with zero attached hydrogens (tertiary/aromatic N) is 1. The van der Waals surface area contributed by atoms with Crippen molar-refractivity contribution in [1.82, 2.24) is 4.98 Å². The Kier molecular flexibility index (Phi) is 5.24. The van der Waals surface area contributed by atoms with Gasteiger partial charge in [0.05, 0.1) is 12.3 Å². The van der Waals surface area contributed by atoms with E-state index in [1.807, 2.05) is 25.1 Å². The summed E-state index contributed by atoms with van der Waals surface area (Å²) < 4.78 is 5.38. The van der Waals surface area contributed by atoms with Gasteiger partial charge < -0.3 is 15.8 Å². The first-order valence-corrected chi connectivity index (χ1v) is 6.96. The molecule has 0 spiro atoms. The van der Waals surface area contributed by atoms with Crippen LogP contribution in [0.3, 0.4) is 0 Å². The standard InChI is InChI=1S/C16H21N3O/c1-2-20-16-14(17)10-11-15(19-16)18-12-6-9-13-7-4-3-5-8-13/h3-5,7-8,10-11H,2,6,9,12,17H2,1H3,(H,18,19). The Bertz CT molecular complexity index is 529. The molecule has 0 radical (unpaired) electrons. The fourth-order valence-electron chi connectivity index (χ4n) is 1.96. The van der Waals surface area contributed by atoms with Crippen LogP contribution in [0.2, 0.25) is 0 Å². The molecule has 4 nitrogen and oxygen atoms in total. The lowest BCUT2D eigenvalue weighted by Crippen LogP contribution is -2.07. The summed E-state index contributed by atoms with van der Waals surface area (Å²) in [6.07, 6.45) is 2.11. The SMILES string of the molecule is CCOc1nc(NCCCc2ccccc2)ccc1N. The molecule has 0 saturated heterocycles. The molecular weight excluding hydrogens is 250 g/mol. The van der Waals surface area contributed by atoms with Crippen LogP contribution in [0, 0.1) is 0 Å². The summed E-state index contributed by atoms with van der Waals surface area (Å²) in [6, 6.07) is 14.2. The van der Waals surface area contributed by atoms with E-state index in [4.69, 9.17) is 10.5 Å². The van der Waals surface area contributed by atoms with Gasteiger partial charge in [-0.15, -0.1) is 0 Å². The third-order valence-electron chi connectivity index (χ3n) is 2.96. The minimum Gasteiger partial charge on any atom is -0.476 e. The molecule has 0 saturated carbocycles. The number of nitrogens with two attached hydrogens (primary N) is 1. The first-order chi connectivity index (χ1) is 9.79. The summed E-state index contributed by atoms with van der Waals surface area (Å²) >= 11 is 0. The second kappa shape index (κ2) is 7.38. The van der Waals surface area contributed by atoms with Gasteiger partial charge in [-0.2, -0.15) is 4.98 Å². The van der Waals surface area contributed by atoms with E-state index >= 15 is 0 Å². The van der Waals surface area contributed by atoms with E-state index in [1.54, 1.807) is 0 Å². The Morgan fingerprint density at radius 1 is 1.15 bits per heavy atom. The van der Waals surface area contributed by atoms with Crippen LogP contribution in [-0.4, -0.2) is 18.1 Å². The van der Waals surface area contributed by atoms with Crippen molar-refractivity contribution in [2.24, 2.45) is 0 Å². The molecule has 106 valence electrons. The number of hydrogen-bond acceptors (Lipinski definition) is 4. The van der Waals surface area contributed by atoms with Gasteiger partial charge in [0.1, 0.15) is 5.82 Å². The molecule has 4 heteroatoms. The summed E-state index contributed by atoms with van der Waals surface area (Å²) in [5.41, 5.74) is 7.72. The third-order valence-corrected chi connectivity index (χ3v) is 2.96.